The summed E-state index contributed by atoms with van der Waals surface area (Å²) in [6.07, 6.45) is 0. The number of imidazole rings is 1. The van der Waals surface area contributed by atoms with Gasteiger partial charge in [-0.15, -0.1) is 0 Å². The molecule has 9 heteroatoms. The minimum atomic E-state index is -3.86. The number of halogens is 1. The fraction of sp³-hybridized carbons (Fsp3) is 0.176. The van der Waals surface area contributed by atoms with Crippen LogP contribution in [0.15, 0.2) is 52.2 Å². The number of carbonyl (C=O) groups is 1. The number of rotatable bonds is 4. The van der Waals surface area contributed by atoms with E-state index in [2.05, 4.69) is 5.32 Å². The summed E-state index contributed by atoms with van der Waals surface area (Å²) < 4.78 is 27.9. The monoisotopic (exact) mass is 393 g/mol. The maximum Gasteiger partial charge on any atom is 0.328 e. The molecule has 0 bridgehead atoms. The molecule has 26 heavy (non-hydrogen) atoms. The molecule has 0 aliphatic carbocycles. The fourth-order valence-corrected chi connectivity index (χ4v) is 3.94. The lowest BCUT2D eigenvalue weighted by Crippen LogP contribution is -2.23. The predicted molar refractivity (Wildman–Crippen MR) is 100 cm³/mol. The van der Waals surface area contributed by atoms with Crippen molar-refractivity contribution in [3.8, 4) is 0 Å². The van der Waals surface area contributed by atoms with Gasteiger partial charge >= 0.3 is 5.69 Å². The molecule has 136 valence electrons. The average Bonchev–Trinajstić information content (AvgIpc) is 2.81. The average molecular weight is 394 g/mol. The van der Waals surface area contributed by atoms with E-state index in [0.717, 1.165) is 0 Å². The number of aryl methyl sites for hydroxylation is 2. The Morgan fingerprint density at radius 3 is 2.31 bits per heavy atom. The highest BCUT2D eigenvalue weighted by Crippen LogP contribution is 2.19. The third-order valence-corrected chi connectivity index (χ3v) is 5.92. The normalized spacial score (nSPS) is 11.7. The highest BCUT2D eigenvalue weighted by atomic mass is 35.5. The summed E-state index contributed by atoms with van der Waals surface area (Å²) >= 11 is 5.77. The highest BCUT2D eigenvalue weighted by Gasteiger charge is 2.21. The van der Waals surface area contributed by atoms with Crippen LogP contribution in [0.5, 0.6) is 0 Å². The lowest BCUT2D eigenvalue weighted by molar-refractivity contribution is -0.113. The highest BCUT2D eigenvalue weighted by molar-refractivity contribution is 7.92. The van der Waals surface area contributed by atoms with E-state index < -0.39 is 21.5 Å². The van der Waals surface area contributed by atoms with Crippen LogP contribution < -0.4 is 11.0 Å². The van der Waals surface area contributed by atoms with Gasteiger partial charge in [-0.1, -0.05) is 11.6 Å². The Morgan fingerprint density at radius 1 is 1.04 bits per heavy atom. The van der Waals surface area contributed by atoms with Crippen LogP contribution in [-0.4, -0.2) is 29.2 Å². The molecule has 0 saturated heterocycles. The lowest BCUT2D eigenvalue weighted by Gasteiger charge is -2.07. The van der Waals surface area contributed by atoms with Gasteiger partial charge < -0.3 is 5.32 Å². The van der Waals surface area contributed by atoms with Crippen molar-refractivity contribution >= 4 is 44.1 Å². The third-order valence-electron chi connectivity index (χ3n) is 4.05. The first-order valence-electron chi connectivity index (χ1n) is 7.63. The van der Waals surface area contributed by atoms with Crippen molar-refractivity contribution in [2.24, 2.45) is 14.1 Å². The standard InChI is InChI=1S/C17H16ClN3O4S/c1-20-14-8-7-13(9-15(14)21(2)17(20)23)26(24,25)10-16(22)19-12-5-3-11(18)4-6-12/h3-9H,10H2,1-2H3,(H,19,22). The molecule has 0 aliphatic heterocycles. The Hall–Kier alpha value is -2.58. The minimum absolute atomic E-state index is 0.0162. The zero-order valence-corrected chi connectivity index (χ0v) is 15.6. The first-order chi connectivity index (χ1) is 12.2. The fourth-order valence-electron chi connectivity index (χ4n) is 2.67. The molecule has 0 spiro atoms. The molecule has 0 unspecified atom stereocenters. The van der Waals surface area contributed by atoms with Gasteiger partial charge in [-0.05, 0) is 42.5 Å². The van der Waals surface area contributed by atoms with Crippen LogP contribution in [0.1, 0.15) is 0 Å². The summed E-state index contributed by atoms with van der Waals surface area (Å²) in [6.45, 7) is 0. The maximum atomic E-state index is 12.6. The Balaban J connectivity index is 1.86. The number of sulfone groups is 1. The van der Waals surface area contributed by atoms with Gasteiger partial charge in [0.05, 0.1) is 15.9 Å². The Kier molecular flexibility index (Phi) is 4.64. The molecule has 1 N–H and O–H groups in total. The van der Waals surface area contributed by atoms with Gasteiger partial charge in [0, 0.05) is 24.8 Å². The molecule has 3 aromatic rings. The lowest BCUT2D eigenvalue weighted by atomic mass is 10.3. The quantitative estimate of drug-likeness (QED) is 0.733. The largest absolute Gasteiger partial charge is 0.328 e. The van der Waals surface area contributed by atoms with Gasteiger partial charge in [0.2, 0.25) is 5.91 Å². The van der Waals surface area contributed by atoms with E-state index in [-0.39, 0.29) is 10.6 Å². The molecule has 3 rings (SSSR count). The molecule has 1 heterocycles. The number of hydrogen-bond donors (Lipinski definition) is 1. The Bertz CT molecular complexity index is 1160. The molecule has 1 aromatic heterocycles. The number of benzene rings is 2. The summed E-state index contributed by atoms with van der Waals surface area (Å²) in [7, 11) is -0.689. The van der Waals surface area contributed by atoms with Gasteiger partial charge in [0.15, 0.2) is 9.84 Å². The van der Waals surface area contributed by atoms with E-state index >= 15 is 0 Å². The van der Waals surface area contributed by atoms with Crippen molar-refractivity contribution in [3.05, 3.63) is 58.0 Å². The predicted octanol–water partition coefficient (Wildman–Crippen LogP) is 1.94. The van der Waals surface area contributed by atoms with Crippen molar-refractivity contribution in [3.63, 3.8) is 0 Å². The van der Waals surface area contributed by atoms with Crippen LogP contribution in [0.25, 0.3) is 11.0 Å². The van der Waals surface area contributed by atoms with Gasteiger partial charge in [-0.3, -0.25) is 13.9 Å². The SMILES string of the molecule is Cn1c(=O)n(C)c2cc(S(=O)(=O)CC(=O)Nc3ccc(Cl)cc3)ccc21. The summed E-state index contributed by atoms with van der Waals surface area (Å²) in [5.74, 6) is -1.36. The van der Waals surface area contributed by atoms with Crippen LogP contribution in [0, 0.1) is 0 Å². The second kappa shape index (κ2) is 6.62. The van der Waals surface area contributed by atoms with E-state index in [0.29, 0.717) is 21.7 Å². The van der Waals surface area contributed by atoms with Crippen molar-refractivity contribution in [1.82, 2.24) is 9.13 Å². The van der Waals surface area contributed by atoms with Gasteiger partial charge in [0.25, 0.3) is 0 Å². The number of aromatic nitrogens is 2. The number of carbonyl (C=O) groups excluding carboxylic acids is 1. The summed E-state index contributed by atoms with van der Waals surface area (Å²) in [4.78, 5) is 24.0. The first-order valence-corrected chi connectivity index (χ1v) is 9.66. The van der Waals surface area contributed by atoms with E-state index in [4.69, 9.17) is 11.6 Å². The number of hydrogen-bond acceptors (Lipinski definition) is 4. The van der Waals surface area contributed by atoms with Crippen molar-refractivity contribution in [2.75, 3.05) is 11.1 Å². The van der Waals surface area contributed by atoms with Crippen LogP contribution in [-0.2, 0) is 28.7 Å². The van der Waals surface area contributed by atoms with E-state index in [1.165, 1.54) is 21.3 Å². The van der Waals surface area contributed by atoms with Gasteiger partial charge in [0.1, 0.15) is 5.75 Å². The summed E-state index contributed by atoms with van der Waals surface area (Å²) in [6, 6.07) is 10.7. The van der Waals surface area contributed by atoms with Crippen molar-refractivity contribution in [2.45, 2.75) is 4.90 Å². The molecule has 7 nitrogen and oxygen atoms in total. The van der Waals surface area contributed by atoms with Crippen molar-refractivity contribution < 1.29 is 13.2 Å². The summed E-state index contributed by atoms with van der Waals surface area (Å²) in [5.41, 5.74) is 1.30. The number of anilines is 1. The van der Waals surface area contributed by atoms with Crippen molar-refractivity contribution in [1.29, 1.82) is 0 Å². The molecule has 0 atom stereocenters. The van der Waals surface area contributed by atoms with Gasteiger partial charge in [-0.25, -0.2) is 13.2 Å². The van der Waals surface area contributed by atoms with Gasteiger partial charge in [-0.2, -0.15) is 0 Å². The Labute approximate surface area is 154 Å². The van der Waals surface area contributed by atoms with E-state index in [1.54, 1.807) is 44.4 Å². The molecule has 2 aromatic carbocycles. The molecule has 0 saturated carbocycles. The maximum absolute atomic E-state index is 12.6. The number of nitrogens with zero attached hydrogens (tertiary/aromatic N) is 2. The molecular formula is C17H16ClN3O4S. The molecular weight excluding hydrogens is 378 g/mol. The second-order valence-corrected chi connectivity index (χ2v) is 8.29. The van der Waals surface area contributed by atoms with Crippen LogP contribution in [0.3, 0.4) is 0 Å². The smallest absolute Gasteiger partial charge is 0.325 e. The molecule has 0 fully saturated rings. The van der Waals surface area contributed by atoms with E-state index in [9.17, 15) is 18.0 Å². The zero-order valence-electron chi connectivity index (χ0n) is 14.1. The number of fused-ring (bicyclic) bond motifs is 1. The second-order valence-electron chi connectivity index (χ2n) is 5.87. The molecule has 1 amide bonds. The third kappa shape index (κ3) is 3.38. The first kappa shape index (κ1) is 18.2. The number of amides is 1. The minimum Gasteiger partial charge on any atom is -0.325 e. The molecule has 0 radical (unpaired) electrons. The topological polar surface area (TPSA) is 90.2 Å². The summed E-state index contributed by atoms with van der Waals surface area (Å²) in [5, 5.41) is 3.03. The zero-order chi connectivity index (χ0) is 19.1. The van der Waals surface area contributed by atoms with Crippen LogP contribution >= 0.6 is 11.6 Å². The Morgan fingerprint density at radius 2 is 1.65 bits per heavy atom. The van der Waals surface area contributed by atoms with Crippen LogP contribution in [0.2, 0.25) is 5.02 Å². The number of nitrogens with one attached hydrogen (secondary N) is 1. The van der Waals surface area contributed by atoms with Crippen LogP contribution in [0.4, 0.5) is 5.69 Å². The molecule has 0 aliphatic rings. The van der Waals surface area contributed by atoms with E-state index in [1.807, 2.05) is 0 Å².